The van der Waals surface area contributed by atoms with Crippen LogP contribution in [0.3, 0.4) is 0 Å². The van der Waals surface area contributed by atoms with Gasteiger partial charge in [0.05, 0.1) is 0 Å². The van der Waals surface area contributed by atoms with Crippen LogP contribution in [0.2, 0.25) is 0 Å². The van der Waals surface area contributed by atoms with Crippen molar-refractivity contribution in [3.05, 3.63) is 81.6 Å². The molecule has 0 saturated heterocycles. The molecule has 7 nitrogen and oxygen atoms in total. The van der Waals surface area contributed by atoms with Crippen LogP contribution in [0.5, 0.6) is 0 Å². The summed E-state index contributed by atoms with van der Waals surface area (Å²) in [6, 6.07) is 12.6. The summed E-state index contributed by atoms with van der Waals surface area (Å²) in [6.07, 6.45) is 6.20. The van der Waals surface area contributed by atoms with Gasteiger partial charge in [0, 0.05) is 38.6 Å². The molecule has 1 heterocycles. The molecule has 1 aromatic carbocycles. The standard InChI is InChI=1S/C20H29N5O2/c1-17(20(21)25(26)27)22-11-6-7-12-24-13-10-19(16-24)15-23(2)14-18-8-4-3-5-9-18/h3-5,8-10,13,16,22H,6-7,11-12,14-15,21H2,1-2H3. The molecule has 0 atom stereocenters. The van der Waals surface area contributed by atoms with Gasteiger partial charge in [-0.25, -0.2) is 0 Å². The molecular formula is C20H29N5O2. The first-order valence-corrected chi connectivity index (χ1v) is 9.17. The minimum Gasteiger partial charge on any atom is -0.382 e. The maximum absolute atomic E-state index is 10.6. The summed E-state index contributed by atoms with van der Waals surface area (Å²) < 4.78 is 2.19. The highest BCUT2D eigenvalue weighted by molar-refractivity contribution is 5.15. The number of rotatable bonds is 11. The smallest absolute Gasteiger partial charge is 0.332 e. The molecule has 1 aromatic heterocycles. The number of aromatic nitrogens is 1. The lowest BCUT2D eigenvalue weighted by molar-refractivity contribution is -0.428. The van der Waals surface area contributed by atoms with Crippen LogP contribution in [0.4, 0.5) is 0 Å². The van der Waals surface area contributed by atoms with Crippen molar-refractivity contribution in [2.75, 3.05) is 13.6 Å². The highest BCUT2D eigenvalue weighted by atomic mass is 16.6. The fourth-order valence-corrected chi connectivity index (χ4v) is 2.91. The molecule has 0 aliphatic heterocycles. The number of nitrogens with one attached hydrogen (secondary N) is 1. The number of benzene rings is 1. The second-order valence-electron chi connectivity index (χ2n) is 6.82. The highest BCUT2D eigenvalue weighted by Gasteiger charge is 2.06. The van der Waals surface area contributed by atoms with Crippen molar-refractivity contribution >= 4 is 0 Å². The molecule has 0 unspecified atom stereocenters. The zero-order chi connectivity index (χ0) is 19.6. The van der Waals surface area contributed by atoms with E-state index in [4.69, 9.17) is 5.73 Å². The second-order valence-corrected chi connectivity index (χ2v) is 6.82. The molecule has 0 saturated carbocycles. The quantitative estimate of drug-likeness (QED) is 0.360. The van der Waals surface area contributed by atoms with E-state index in [0.717, 1.165) is 32.5 Å². The minimum absolute atomic E-state index is 0.315. The topological polar surface area (TPSA) is 89.4 Å². The summed E-state index contributed by atoms with van der Waals surface area (Å²) in [7, 11) is 2.13. The number of aryl methyl sites for hydroxylation is 1. The largest absolute Gasteiger partial charge is 0.382 e. The number of unbranched alkanes of at least 4 members (excludes halogenated alkanes) is 1. The zero-order valence-electron chi connectivity index (χ0n) is 16.1. The Kier molecular flexibility index (Phi) is 7.88. The van der Waals surface area contributed by atoms with Crippen LogP contribution < -0.4 is 11.1 Å². The van der Waals surface area contributed by atoms with Gasteiger partial charge < -0.3 is 20.0 Å². The number of hydrogen-bond acceptors (Lipinski definition) is 5. The molecule has 146 valence electrons. The first-order chi connectivity index (χ1) is 13.0. The molecule has 0 radical (unpaired) electrons. The predicted molar refractivity (Wildman–Crippen MR) is 107 cm³/mol. The maximum atomic E-state index is 10.6. The molecule has 27 heavy (non-hydrogen) atoms. The second kappa shape index (κ2) is 10.4. The van der Waals surface area contributed by atoms with Crippen LogP contribution >= 0.6 is 0 Å². The maximum Gasteiger partial charge on any atom is 0.332 e. The Hall–Kier alpha value is -2.80. The zero-order valence-corrected chi connectivity index (χ0v) is 16.1. The highest BCUT2D eigenvalue weighted by Crippen LogP contribution is 2.09. The van der Waals surface area contributed by atoms with E-state index >= 15 is 0 Å². The van der Waals surface area contributed by atoms with Crippen molar-refractivity contribution in [1.29, 1.82) is 0 Å². The molecule has 3 N–H and O–H groups in total. The normalized spacial score (nSPS) is 12.1. The van der Waals surface area contributed by atoms with E-state index in [-0.39, 0.29) is 5.82 Å². The van der Waals surface area contributed by atoms with Crippen molar-refractivity contribution in [2.24, 2.45) is 5.73 Å². The van der Waals surface area contributed by atoms with E-state index in [2.05, 4.69) is 64.6 Å². The number of nitrogens with two attached hydrogens (primary N) is 1. The lowest BCUT2D eigenvalue weighted by Gasteiger charge is -2.15. The average molecular weight is 371 g/mol. The molecule has 2 rings (SSSR count). The van der Waals surface area contributed by atoms with Crippen molar-refractivity contribution in [3.8, 4) is 0 Å². The lowest BCUT2D eigenvalue weighted by atomic mass is 10.2. The third-order valence-corrected chi connectivity index (χ3v) is 4.37. The Morgan fingerprint density at radius 3 is 2.59 bits per heavy atom. The van der Waals surface area contributed by atoms with Crippen molar-refractivity contribution in [2.45, 2.75) is 39.4 Å². The van der Waals surface area contributed by atoms with E-state index < -0.39 is 4.92 Å². The van der Waals surface area contributed by atoms with Gasteiger partial charge in [-0.1, -0.05) is 30.3 Å². The van der Waals surface area contributed by atoms with E-state index in [1.54, 1.807) is 6.92 Å². The summed E-state index contributed by atoms with van der Waals surface area (Å²) in [6.45, 7) is 5.07. The molecule has 0 fully saturated rings. The third-order valence-electron chi connectivity index (χ3n) is 4.37. The van der Waals surface area contributed by atoms with E-state index in [0.29, 0.717) is 12.2 Å². The molecule has 0 aliphatic rings. The fourth-order valence-electron chi connectivity index (χ4n) is 2.91. The van der Waals surface area contributed by atoms with Crippen molar-refractivity contribution < 1.29 is 4.92 Å². The van der Waals surface area contributed by atoms with Gasteiger partial charge in [0.2, 0.25) is 0 Å². The molecule has 0 bridgehead atoms. The van der Waals surface area contributed by atoms with Gasteiger partial charge in [0.15, 0.2) is 0 Å². The first kappa shape index (κ1) is 20.5. The van der Waals surface area contributed by atoms with Gasteiger partial charge in [-0.05, 0) is 48.9 Å². The van der Waals surface area contributed by atoms with Gasteiger partial charge in [0.1, 0.15) is 5.70 Å². The third kappa shape index (κ3) is 7.15. The predicted octanol–water partition coefficient (Wildman–Crippen LogP) is 2.91. The Morgan fingerprint density at radius 2 is 1.89 bits per heavy atom. The average Bonchev–Trinajstić information content (AvgIpc) is 3.08. The van der Waals surface area contributed by atoms with Crippen LogP contribution in [-0.2, 0) is 19.6 Å². The summed E-state index contributed by atoms with van der Waals surface area (Å²) >= 11 is 0. The molecule has 0 spiro atoms. The van der Waals surface area contributed by atoms with Gasteiger partial charge in [-0.3, -0.25) is 10.6 Å². The van der Waals surface area contributed by atoms with Crippen LogP contribution in [0.25, 0.3) is 0 Å². The number of allylic oxidation sites excluding steroid dienone is 1. The monoisotopic (exact) mass is 371 g/mol. The van der Waals surface area contributed by atoms with Crippen molar-refractivity contribution in [1.82, 2.24) is 14.8 Å². The molecule has 7 heteroatoms. The van der Waals surface area contributed by atoms with Gasteiger partial charge >= 0.3 is 5.82 Å². The fraction of sp³-hybridized carbons (Fsp3) is 0.400. The summed E-state index contributed by atoms with van der Waals surface area (Å²) in [5.41, 5.74) is 8.40. The van der Waals surface area contributed by atoms with Crippen LogP contribution in [0.15, 0.2) is 60.3 Å². The summed E-state index contributed by atoms with van der Waals surface area (Å²) in [5.74, 6) is -0.315. The minimum atomic E-state index is -0.571. The number of nitrogens with zero attached hydrogens (tertiary/aromatic N) is 3. The van der Waals surface area contributed by atoms with Gasteiger partial charge in [-0.15, -0.1) is 0 Å². The Bertz CT molecular complexity index is 755. The van der Waals surface area contributed by atoms with E-state index in [9.17, 15) is 10.1 Å². The van der Waals surface area contributed by atoms with Crippen LogP contribution in [0.1, 0.15) is 30.9 Å². The molecule has 2 aromatic rings. The first-order valence-electron chi connectivity index (χ1n) is 9.17. The SMILES string of the molecule is CC(NCCCCn1ccc(CN(C)Cc2ccccc2)c1)=C(N)[N+](=O)[O-]. The van der Waals surface area contributed by atoms with E-state index in [1.165, 1.54) is 11.1 Å². The lowest BCUT2D eigenvalue weighted by Crippen LogP contribution is -2.21. The molecular weight excluding hydrogens is 342 g/mol. The van der Waals surface area contributed by atoms with Crippen LogP contribution in [0, 0.1) is 10.1 Å². The number of nitro groups is 1. The Balaban J connectivity index is 1.68. The van der Waals surface area contributed by atoms with Gasteiger partial charge in [0.25, 0.3) is 0 Å². The Labute approximate surface area is 160 Å². The molecule has 0 amide bonds. The van der Waals surface area contributed by atoms with Gasteiger partial charge in [-0.2, -0.15) is 0 Å². The van der Waals surface area contributed by atoms with Crippen molar-refractivity contribution in [3.63, 3.8) is 0 Å². The Morgan fingerprint density at radius 1 is 1.19 bits per heavy atom. The number of hydrogen-bond donors (Lipinski definition) is 2. The molecule has 0 aliphatic carbocycles. The van der Waals surface area contributed by atoms with Crippen LogP contribution in [-0.4, -0.2) is 28.0 Å². The summed E-state index contributed by atoms with van der Waals surface area (Å²) in [5, 5.41) is 13.6. The summed E-state index contributed by atoms with van der Waals surface area (Å²) in [4.78, 5) is 12.3. The van der Waals surface area contributed by atoms with E-state index in [1.807, 2.05) is 6.07 Å².